The number of hydrogen-bond acceptors (Lipinski definition) is 6. The van der Waals surface area contributed by atoms with E-state index >= 15 is 0 Å². The number of nitrogens with one attached hydrogen (secondary N) is 1. The topological polar surface area (TPSA) is 108 Å². The Hall–Kier alpha value is -3.10. The number of carbonyl (C=O) groups is 1. The molecule has 0 heterocycles. The number of nitrogens with zero attached hydrogens (tertiary/aromatic N) is 1. The van der Waals surface area contributed by atoms with Crippen LogP contribution in [0.5, 0.6) is 0 Å². The standard InChI is InChI=1S/C51H85N2O6P/c1-6-8-10-12-14-16-18-19-20-21-22-23-24-25-26-27-28-29-30-31-32-33-35-37-39-41-43-45-51(55)52-49(48-59-60(56,57)58-47-46-53(3,4)5)50(54)44-42-40-38-36-34-17-15-13-11-9-7-2/h8,10-11,13-14,16,19-20,22-23,25-26,28-29,31-32,34,36,42,44,49-50,54H,6-7,9,12,15,17-18,21,24,27,30,33,35,37-41,43,45-48H2,1-5H3,(H-,52,55,56,57)/b10-8-,13-11+,16-14-,20-19-,23-22-,26-25-,29-28-,32-31-,36-34+,44-42+. The number of phosphoric acid groups is 1. The summed E-state index contributed by atoms with van der Waals surface area (Å²) in [6.45, 7) is 4.37. The average Bonchev–Trinajstić information content (AvgIpc) is 3.20. The molecule has 3 atom stereocenters. The second-order valence-corrected chi connectivity index (χ2v) is 17.4. The van der Waals surface area contributed by atoms with Crippen LogP contribution in [0, 0.1) is 0 Å². The highest BCUT2D eigenvalue weighted by Crippen LogP contribution is 2.38. The zero-order chi connectivity index (χ0) is 44.3. The molecule has 0 aliphatic carbocycles. The summed E-state index contributed by atoms with van der Waals surface area (Å²) in [5.41, 5.74) is 0. The Bertz CT molecular complexity index is 1380. The lowest BCUT2D eigenvalue weighted by Gasteiger charge is -2.29. The minimum absolute atomic E-state index is 0.0209. The Morgan fingerprint density at radius 2 is 1.03 bits per heavy atom. The van der Waals surface area contributed by atoms with Gasteiger partial charge >= 0.3 is 0 Å². The van der Waals surface area contributed by atoms with E-state index in [2.05, 4.69) is 129 Å². The smallest absolute Gasteiger partial charge is 0.268 e. The van der Waals surface area contributed by atoms with Crippen molar-refractivity contribution >= 4 is 13.7 Å². The third-order valence-electron chi connectivity index (χ3n) is 9.11. The minimum atomic E-state index is -4.61. The first-order valence-electron chi connectivity index (χ1n) is 22.9. The highest BCUT2D eigenvalue weighted by molar-refractivity contribution is 7.45. The SMILES string of the molecule is CC/C=C\C/C=C\C/C=C\C/C=C\C/C=C\C/C=C\C/C=C\CCCCCCCC(=O)NC(COP(=O)([O-])OCC[N+](C)(C)C)C(O)/C=C/CC/C=C/CC/C=C/CCC. The number of amides is 1. The Morgan fingerprint density at radius 1 is 0.600 bits per heavy atom. The van der Waals surface area contributed by atoms with Crippen LogP contribution in [0.15, 0.2) is 122 Å². The minimum Gasteiger partial charge on any atom is -0.756 e. The zero-order valence-corrected chi connectivity index (χ0v) is 39.2. The second-order valence-electron chi connectivity index (χ2n) is 16.0. The molecule has 2 N–H and O–H groups in total. The second kappa shape index (κ2) is 41.3. The summed E-state index contributed by atoms with van der Waals surface area (Å²) in [6.07, 6.45) is 61.2. The number of carbonyl (C=O) groups excluding carboxylic acids is 1. The van der Waals surface area contributed by atoms with Crippen molar-refractivity contribution in [2.45, 2.75) is 154 Å². The predicted molar refractivity (Wildman–Crippen MR) is 255 cm³/mol. The van der Waals surface area contributed by atoms with E-state index in [-0.39, 0.29) is 12.5 Å². The average molecular weight is 853 g/mol. The molecule has 0 radical (unpaired) electrons. The first-order chi connectivity index (χ1) is 29.0. The normalized spacial score (nSPS) is 15.4. The molecule has 0 bridgehead atoms. The first kappa shape index (κ1) is 56.9. The number of quaternary nitrogens is 1. The number of phosphoric ester groups is 1. The van der Waals surface area contributed by atoms with E-state index in [1.54, 1.807) is 6.08 Å². The molecule has 0 spiro atoms. The van der Waals surface area contributed by atoms with Crippen molar-refractivity contribution in [3.63, 3.8) is 0 Å². The van der Waals surface area contributed by atoms with E-state index in [0.717, 1.165) is 116 Å². The van der Waals surface area contributed by atoms with Gasteiger partial charge in [0, 0.05) is 6.42 Å². The van der Waals surface area contributed by atoms with Gasteiger partial charge in [0.15, 0.2) is 0 Å². The van der Waals surface area contributed by atoms with Crippen molar-refractivity contribution in [2.75, 3.05) is 40.9 Å². The van der Waals surface area contributed by atoms with Crippen molar-refractivity contribution in [2.24, 2.45) is 0 Å². The molecule has 340 valence electrons. The Balaban J connectivity index is 4.39. The van der Waals surface area contributed by atoms with E-state index < -0.39 is 26.6 Å². The van der Waals surface area contributed by atoms with Crippen LogP contribution in [0.2, 0.25) is 0 Å². The molecule has 0 fully saturated rings. The maximum absolute atomic E-state index is 12.8. The number of unbranched alkanes of at least 4 members (excludes halogenated alkanes) is 8. The van der Waals surface area contributed by atoms with Crippen molar-refractivity contribution < 1.29 is 32.9 Å². The predicted octanol–water partition coefficient (Wildman–Crippen LogP) is 12.4. The molecule has 0 rings (SSSR count). The fraction of sp³-hybridized carbons (Fsp3) is 0.588. The lowest BCUT2D eigenvalue weighted by atomic mass is 10.1. The Kier molecular flexibility index (Phi) is 39.1. The fourth-order valence-electron chi connectivity index (χ4n) is 5.52. The molecule has 8 nitrogen and oxygen atoms in total. The molecule has 0 saturated heterocycles. The van der Waals surface area contributed by atoms with Gasteiger partial charge in [0.25, 0.3) is 7.82 Å². The maximum Gasteiger partial charge on any atom is 0.268 e. The van der Waals surface area contributed by atoms with E-state index in [1.165, 1.54) is 0 Å². The maximum atomic E-state index is 12.8. The van der Waals surface area contributed by atoms with Gasteiger partial charge in [0.05, 0.1) is 39.9 Å². The van der Waals surface area contributed by atoms with Crippen LogP contribution < -0.4 is 10.2 Å². The van der Waals surface area contributed by atoms with Gasteiger partial charge in [0.1, 0.15) is 13.2 Å². The third-order valence-corrected chi connectivity index (χ3v) is 10.1. The van der Waals surface area contributed by atoms with Gasteiger partial charge < -0.3 is 28.8 Å². The van der Waals surface area contributed by atoms with Crippen LogP contribution in [0.25, 0.3) is 0 Å². The largest absolute Gasteiger partial charge is 0.756 e. The van der Waals surface area contributed by atoms with Crippen LogP contribution in [-0.4, -0.2) is 68.5 Å². The highest BCUT2D eigenvalue weighted by Gasteiger charge is 2.23. The summed E-state index contributed by atoms with van der Waals surface area (Å²) in [5, 5.41) is 13.7. The van der Waals surface area contributed by atoms with Gasteiger partial charge in [-0.25, -0.2) is 0 Å². The number of aliphatic hydroxyl groups excluding tert-OH is 1. The number of likely N-dealkylation sites (N-methyl/N-ethyl adjacent to an activating group) is 1. The summed E-state index contributed by atoms with van der Waals surface area (Å²) in [5.74, 6) is -0.240. The number of aliphatic hydroxyl groups is 1. The Labute approximate surface area is 367 Å². The first-order valence-corrected chi connectivity index (χ1v) is 24.4. The molecule has 0 aliphatic heterocycles. The van der Waals surface area contributed by atoms with Crippen molar-refractivity contribution in [1.82, 2.24) is 5.32 Å². The van der Waals surface area contributed by atoms with Crippen LogP contribution in [0.3, 0.4) is 0 Å². The van der Waals surface area contributed by atoms with Crippen molar-refractivity contribution in [3.05, 3.63) is 122 Å². The molecular formula is C51H85N2O6P. The summed E-state index contributed by atoms with van der Waals surface area (Å²) >= 11 is 0. The van der Waals surface area contributed by atoms with Gasteiger partial charge in [-0.1, -0.05) is 161 Å². The summed E-state index contributed by atoms with van der Waals surface area (Å²) < 4.78 is 23.1. The van der Waals surface area contributed by atoms with Gasteiger partial charge in [-0.15, -0.1) is 0 Å². The molecular weight excluding hydrogens is 768 g/mol. The number of hydrogen-bond donors (Lipinski definition) is 2. The van der Waals surface area contributed by atoms with E-state index in [4.69, 9.17) is 9.05 Å². The van der Waals surface area contributed by atoms with Gasteiger partial charge in [0.2, 0.25) is 5.91 Å². The summed E-state index contributed by atoms with van der Waals surface area (Å²) in [7, 11) is 1.19. The van der Waals surface area contributed by atoms with Crippen LogP contribution in [-0.2, 0) is 18.4 Å². The quantitative estimate of drug-likeness (QED) is 0.0276. The fourth-order valence-corrected chi connectivity index (χ4v) is 6.24. The lowest BCUT2D eigenvalue weighted by molar-refractivity contribution is -0.870. The summed E-state index contributed by atoms with van der Waals surface area (Å²) in [4.78, 5) is 25.3. The van der Waals surface area contributed by atoms with Crippen LogP contribution in [0.4, 0.5) is 0 Å². The van der Waals surface area contributed by atoms with E-state index in [9.17, 15) is 19.4 Å². The molecule has 3 unspecified atom stereocenters. The van der Waals surface area contributed by atoms with Gasteiger partial charge in [-0.3, -0.25) is 9.36 Å². The van der Waals surface area contributed by atoms with Crippen molar-refractivity contribution in [1.29, 1.82) is 0 Å². The van der Waals surface area contributed by atoms with Gasteiger partial charge in [-0.2, -0.15) is 0 Å². The van der Waals surface area contributed by atoms with E-state index in [0.29, 0.717) is 23.9 Å². The molecule has 1 amide bonds. The molecule has 0 aliphatic rings. The van der Waals surface area contributed by atoms with Crippen molar-refractivity contribution in [3.8, 4) is 0 Å². The van der Waals surface area contributed by atoms with Crippen LogP contribution >= 0.6 is 7.82 Å². The molecule has 0 aromatic carbocycles. The van der Waals surface area contributed by atoms with Gasteiger partial charge in [-0.05, 0) is 96.3 Å². The third kappa shape index (κ3) is 43.0. The number of rotatable bonds is 39. The van der Waals surface area contributed by atoms with Crippen LogP contribution in [0.1, 0.15) is 142 Å². The highest BCUT2D eigenvalue weighted by atomic mass is 31.2. The van der Waals surface area contributed by atoms with E-state index in [1.807, 2.05) is 27.2 Å². The lowest BCUT2D eigenvalue weighted by Crippen LogP contribution is -2.45. The molecule has 0 aromatic rings. The monoisotopic (exact) mass is 853 g/mol. The Morgan fingerprint density at radius 3 is 1.53 bits per heavy atom. The molecule has 60 heavy (non-hydrogen) atoms. The molecule has 0 aromatic heterocycles. The zero-order valence-electron chi connectivity index (χ0n) is 38.3. The summed E-state index contributed by atoms with van der Waals surface area (Å²) in [6, 6.07) is -0.928. The number of allylic oxidation sites excluding steroid dienone is 19. The molecule has 9 heteroatoms. The molecule has 0 saturated carbocycles.